The van der Waals surface area contributed by atoms with Crippen molar-refractivity contribution in [3.8, 4) is 0 Å². The number of rotatable bonds is 3. The van der Waals surface area contributed by atoms with E-state index in [4.69, 9.17) is 12.2 Å². The van der Waals surface area contributed by atoms with Crippen LogP contribution in [-0.2, 0) is 0 Å². The minimum Gasteiger partial charge on any atom is -0.356 e. The molecule has 1 aromatic carbocycles. The number of benzene rings is 1. The van der Waals surface area contributed by atoms with E-state index in [1.807, 2.05) is 18.2 Å². The summed E-state index contributed by atoms with van der Waals surface area (Å²) >= 11 is 8.48. The third-order valence-electron chi connectivity index (χ3n) is 2.51. The second-order valence-corrected chi connectivity index (χ2v) is 5.18. The molecular weight excluding hydrogens is 324 g/mol. The minimum atomic E-state index is 0.129. The van der Waals surface area contributed by atoms with Gasteiger partial charge in [0.15, 0.2) is 10.9 Å². The Bertz CT molecular complexity index is 544. The van der Waals surface area contributed by atoms with Crippen molar-refractivity contribution < 1.29 is 0 Å². The molecule has 0 aliphatic carbocycles. The molecule has 4 nitrogen and oxygen atoms in total. The Balaban J connectivity index is 1.93. The van der Waals surface area contributed by atoms with Gasteiger partial charge < -0.3 is 10.6 Å². The van der Waals surface area contributed by atoms with Crippen molar-refractivity contribution in [1.29, 1.82) is 0 Å². The van der Waals surface area contributed by atoms with E-state index >= 15 is 0 Å². The van der Waals surface area contributed by atoms with Crippen molar-refractivity contribution in [1.82, 2.24) is 15.3 Å². The maximum absolute atomic E-state index is 5.24. The lowest BCUT2D eigenvalue weighted by Gasteiger charge is -2.16. The molecule has 1 heterocycles. The van der Waals surface area contributed by atoms with Crippen LogP contribution in [0.5, 0.6) is 0 Å². The standard InChI is InChI=1S/C13H13BrN4S/c1-9(10-5-3-2-4-6-10)17-13(19)18-12-8-15-11(14)7-16-12/h2-9H,1H3,(H2,16,17,18,19)/t9-/m1/s1. The molecule has 0 amide bonds. The van der Waals surface area contributed by atoms with Gasteiger partial charge in [-0.25, -0.2) is 9.97 Å². The highest BCUT2D eigenvalue weighted by Crippen LogP contribution is 2.11. The van der Waals surface area contributed by atoms with Crippen LogP contribution >= 0.6 is 28.1 Å². The van der Waals surface area contributed by atoms with E-state index in [0.717, 1.165) is 0 Å². The second kappa shape index (κ2) is 6.58. The van der Waals surface area contributed by atoms with Gasteiger partial charge in [0.25, 0.3) is 0 Å². The highest BCUT2D eigenvalue weighted by molar-refractivity contribution is 9.10. The second-order valence-electron chi connectivity index (χ2n) is 3.96. The normalized spacial score (nSPS) is 11.7. The minimum absolute atomic E-state index is 0.129. The van der Waals surface area contributed by atoms with Gasteiger partial charge in [-0.2, -0.15) is 0 Å². The summed E-state index contributed by atoms with van der Waals surface area (Å²) in [6.07, 6.45) is 3.23. The van der Waals surface area contributed by atoms with Crippen LogP contribution in [0.1, 0.15) is 18.5 Å². The molecule has 19 heavy (non-hydrogen) atoms. The van der Waals surface area contributed by atoms with E-state index in [-0.39, 0.29) is 6.04 Å². The fourth-order valence-corrected chi connectivity index (χ4v) is 2.04. The average Bonchev–Trinajstić information content (AvgIpc) is 2.42. The summed E-state index contributed by atoms with van der Waals surface area (Å²) in [5.74, 6) is 0.612. The lowest BCUT2D eigenvalue weighted by atomic mass is 10.1. The molecule has 2 rings (SSSR count). The molecule has 0 aliphatic rings. The molecule has 0 spiro atoms. The van der Waals surface area contributed by atoms with Gasteiger partial charge in [0.2, 0.25) is 0 Å². The van der Waals surface area contributed by atoms with Crippen LogP contribution in [-0.4, -0.2) is 15.1 Å². The van der Waals surface area contributed by atoms with Crippen molar-refractivity contribution in [3.05, 3.63) is 52.9 Å². The van der Waals surface area contributed by atoms with Gasteiger partial charge >= 0.3 is 0 Å². The number of thiocarbonyl (C=S) groups is 1. The zero-order valence-electron chi connectivity index (χ0n) is 10.3. The van der Waals surface area contributed by atoms with Crippen LogP contribution in [0.2, 0.25) is 0 Å². The topological polar surface area (TPSA) is 49.8 Å². The Morgan fingerprint density at radius 1 is 1.21 bits per heavy atom. The SMILES string of the molecule is C[C@@H](NC(=S)Nc1cnc(Br)cn1)c1ccccc1. The number of halogens is 1. The number of anilines is 1. The monoisotopic (exact) mass is 336 g/mol. The van der Waals surface area contributed by atoms with E-state index in [1.165, 1.54) is 5.56 Å². The molecule has 2 N–H and O–H groups in total. The van der Waals surface area contributed by atoms with E-state index < -0.39 is 0 Å². The molecule has 0 aliphatic heterocycles. The summed E-state index contributed by atoms with van der Waals surface area (Å²) in [5, 5.41) is 6.72. The fraction of sp³-hybridized carbons (Fsp3) is 0.154. The summed E-state index contributed by atoms with van der Waals surface area (Å²) < 4.78 is 0.689. The van der Waals surface area contributed by atoms with Gasteiger partial charge in [0, 0.05) is 0 Å². The van der Waals surface area contributed by atoms with Gasteiger partial charge in [-0.15, -0.1) is 0 Å². The molecule has 0 radical (unpaired) electrons. The van der Waals surface area contributed by atoms with E-state index in [0.29, 0.717) is 15.5 Å². The average molecular weight is 337 g/mol. The predicted molar refractivity (Wildman–Crippen MR) is 83.9 cm³/mol. The van der Waals surface area contributed by atoms with Crippen LogP contribution in [0.4, 0.5) is 5.82 Å². The lowest BCUT2D eigenvalue weighted by molar-refractivity contribution is 0.722. The molecule has 98 valence electrons. The summed E-state index contributed by atoms with van der Waals surface area (Å²) in [6, 6.07) is 10.2. The highest BCUT2D eigenvalue weighted by atomic mass is 79.9. The van der Waals surface area contributed by atoms with Crippen molar-refractivity contribution in [3.63, 3.8) is 0 Å². The zero-order chi connectivity index (χ0) is 13.7. The molecule has 0 saturated heterocycles. The Hall–Kier alpha value is -1.53. The van der Waals surface area contributed by atoms with E-state index in [1.54, 1.807) is 12.4 Å². The van der Waals surface area contributed by atoms with Crippen LogP contribution in [0.25, 0.3) is 0 Å². The molecule has 2 aromatic rings. The van der Waals surface area contributed by atoms with Crippen LogP contribution in [0.3, 0.4) is 0 Å². The van der Waals surface area contributed by atoms with Gasteiger partial charge in [0.05, 0.1) is 18.4 Å². The zero-order valence-corrected chi connectivity index (χ0v) is 12.7. The predicted octanol–water partition coefficient (Wildman–Crippen LogP) is 3.29. The maximum Gasteiger partial charge on any atom is 0.172 e. The summed E-state index contributed by atoms with van der Waals surface area (Å²) in [4.78, 5) is 8.22. The first-order valence-electron chi connectivity index (χ1n) is 5.75. The van der Waals surface area contributed by atoms with E-state index in [9.17, 15) is 0 Å². The molecule has 6 heteroatoms. The number of nitrogens with zero attached hydrogens (tertiary/aromatic N) is 2. The highest BCUT2D eigenvalue weighted by Gasteiger charge is 2.06. The molecule has 0 unspecified atom stereocenters. The van der Waals surface area contributed by atoms with Crippen LogP contribution in [0, 0.1) is 0 Å². The molecular formula is C13H13BrN4S. The molecule has 1 atom stereocenters. The third-order valence-corrected chi connectivity index (χ3v) is 3.14. The first-order chi connectivity index (χ1) is 9.15. The number of hydrogen-bond donors (Lipinski definition) is 2. The molecule has 0 bridgehead atoms. The summed E-state index contributed by atoms with van der Waals surface area (Å²) in [5.41, 5.74) is 1.17. The van der Waals surface area contributed by atoms with E-state index in [2.05, 4.69) is 55.6 Å². The first kappa shape index (κ1) is 13.9. The number of hydrogen-bond acceptors (Lipinski definition) is 3. The molecule has 0 fully saturated rings. The van der Waals surface area contributed by atoms with Crippen molar-refractivity contribution in [2.45, 2.75) is 13.0 Å². The van der Waals surface area contributed by atoms with Gasteiger partial charge in [0.1, 0.15) is 4.60 Å². The Labute approximate surface area is 125 Å². The summed E-state index contributed by atoms with van der Waals surface area (Å²) in [7, 11) is 0. The van der Waals surface area contributed by atoms with Crippen LogP contribution < -0.4 is 10.6 Å². The Morgan fingerprint density at radius 2 is 1.95 bits per heavy atom. The van der Waals surface area contributed by atoms with Gasteiger partial charge in [-0.3, -0.25) is 0 Å². The lowest BCUT2D eigenvalue weighted by Crippen LogP contribution is -2.31. The molecule has 1 aromatic heterocycles. The number of aromatic nitrogens is 2. The fourth-order valence-electron chi connectivity index (χ4n) is 1.55. The van der Waals surface area contributed by atoms with Crippen molar-refractivity contribution >= 4 is 39.1 Å². The first-order valence-corrected chi connectivity index (χ1v) is 6.95. The van der Waals surface area contributed by atoms with Crippen molar-refractivity contribution in [2.24, 2.45) is 0 Å². The number of nitrogens with one attached hydrogen (secondary N) is 2. The quantitative estimate of drug-likeness (QED) is 0.842. The summed E-state index contributed by atoms with van der Waals surface area (Å²) in [6.45, 7) is 2.05. The third kappa shape index (κ3) is 4.25. The van der Waals surface area contributed by atoms with Crippen molar-refractivity contribution in [2.75, 3.05) is 5.32 Å². The largest absolute Gasteiger partial charge is 0.356 e. The maximum atomic E-state index is 5.24. The van der Waals surface area contributed by atoms with Gasteiger partial charge in [-0.05, 0) is 40.6 Å². The van der Waals surface area contributed by atoms with Crippen LogP contribution in [0.15, 0.2) is 47.3 Å². The van der Waals surface area contributed by atoms with Gasteiger partial charge in [-0.1, -0.05) is 30.3 Å². The Morgan fingerprint density at radius 3 is 2.58 bits per heavy atom. The molecule has 0 saturated carbocycles. The smallest absolute Gasteiger partial charge is 0.172 e. The Kier molecular flexibility index (Phi) is 4.81.